The minimum atomic E-state index is -0.0261. The largest absolute Gasteiger partial charge is 0.294 e. The molecule has 0 aromatic rings. The molecule has 0 N–H and O–H groups in total. The second-order valence-corrected chi connectivity index (χ2v) is 5.99. The Morgan fingerprint density at radius 2 is 1.29 bits per heavy atom. The summed E-state index contributed by atoms with van der Waals surface area (Å²) in [4.78, 5) is 24.2. The Bertz CT molecular complexity index is 420. The Morgan fingerprint density at radius 1 is 0.824 bits per heavy atom. The van der Waals surface area contributed by atoms with Crippen LogP contribution in [0.2, 0.25) is 0 Å². The van der Waals surface area contributed by atoms with E-state index >= 15 is 0 Å². The van der Waals surface area contributed by atoms with Gasteiger partial charge in [-0.05, 0) is 48.7 Å². The lowest BCUT2D eigenvalue weighted by atomic mass is 9.51. The Kier molecular flexibility index (Phi) is 1.84. The minimum absolute atomic E-state index is 0.0261. The first-order valence-electron chi connectivity index (χ1n) is 6.71. The highest BCUT2D eigenvalue weighted by molar-refractivity contribution is 6.08. The maximum absolute atomic E-state index is 12.1. The van der Waals surface area contributed by atoms with Crippen molar-refractivity contribution >= 4 is 11.6 Å². The maximum atomic E-state index is 12.1. The molecular weight excluding hydrogens is 212 g/mol. The van der Waals surface area contributed by atoms with Crippen LogP contribution in [0.3, 0.4) is 0 Å². The van der Waals surface area contributed by atoms with Crippen LogP contribution in [0.25, 0.3) is 0 Å². The van der Waals surface area contributed by atoms with Gasteiger partial charge in [0.2, 0.25) is 0 Å². The molecule has 0 unspecified atom stereocenters. The van der Waals surface area contributed by atoms with Crippen molar-refractivity contribution in [3.05, 3.63) is 24.3 Å². The third-order valence-electron chi connectivity index (χ3n) is 5.45. The lowest BCUT2D eigenvalue weighted by molar-refractivity contribution is -0.138. The molecule has 0 saturated heterocycles. The zero-order valence-corrected chi connectivity index (χ0v) is 9.71. The third-order valence-corrected chi connectivity index (χ3v) is 5.45. The molecule has 0 radical (unpaired) electrons. The monoisotopic (exact) mass is 228 g/mol. The van der Waals surface area contributed by atoms with Gasteiger partial charge in [-0.15, -0.1) is 0 Å². The van der Waals surface area contributed by atoms with Crippen molar-refractivity contribution < 1.29 is 9.59 Å². The summed E-state index contributed by atoms with van der Waals surface area (Å²) in [7, 11) is 0. The van der Waals surface area contributed by atoms with Crippen LogP contribution in [0.5, 0.6) is 0 Å². The molecule has 2 saturated carbocycles. The minimum Gasteiger partial charge on any atom is -0.294 e. The standard InChI is InChI=1S/C15H16O2/c16-12-6-7-13(17)15-11-5-4-10(14(12)15)8-2-1-3-9(8)11/h4-11,14-15H,1-3H2/t8-,9+,10-,11+,14+,15-. The molecule has 2 nitrogen and oxygen atoms in total. The topological polar surface area (TPSA) is 34.1 Å². The molecule has 5 aliphatic carbocycles. The van der Waals surface area contributed by atoms with E-state index in [9.17, 15) is 9.59 Å². The molecule has 5 aliphatic rings. The molecule has 2 bridgehead atoms. The molecule has 5 rings (SSSR count). The molecule has 6 atom stereocenters. The van der Waals surface area contributed by atoms with E-state index in [0.717, 1.165) is 0 Å². The molecule has 0 aromatic carbocycles. The molecule has 88 valence electrons. The van der Waals surface area contributed by atoms with Gasteiger partial charge in [0, 0.05) is 11.8 Å². The molecule has 0 aromatic heterocycles. The van der Waals surface area contributed by atoms with Gasteiger partial charge in [-0.25, -0.2) is 0 Å². The fourth-order valence-electron chi connectivity index (χ4n) is 4.89. The number of allylic oxidation sites excluding steroid dienone is 4. The predicted octanol–water partition coefficient (Wildman–Crippen LogP) is 2.16. The first-order chi connectivity index (χ1) is 8.27. The van der Waals surface area contributed by atoms with Crippen molar-refractivity contribution in [2.75, 3.05) is 0 Å². The van der Waals surface area contributed by atoms with Crippen LogP contribution in [0.4, 0.5) is 0 Å². The number of rotatable bonds is 0. The zero-order valence-electron chi connectivity index (χ0n) is 9.71. The molecule has 17 heavy (non-hydrogen) atoms. The molecule has 2 heteroatoms. The van der Waals surface area contributed by atoms with Gasteiger partial charge in [-0.1, -0.05) is 18.6 Å². The Morgan fingerprint density at radius 3 is 1.76 bits per heavy atom. The summed E-state index contributed by atoms with van der Waals surface area (Å²) in [6.07, 6.45) is 11.3. The molecule has 0 heterocycles. The maximum Gasteiger partial charge on any atom is 0.160 e. The highest BCUT2D eigenvalue weighted by atomic mass is 16.1. The Hall–Kier alpha value is -1.18. The van der Waals surface area contributed by atoms with E-state index in [4.69, 9.17) is 0 Å². The Labute approximate surface area is 101 Å². The number of hydrogen-bond acceptors (Lipinski definition) is 2. The summed E-state index contributed by atoms with van der Waals surface area (Å²) < 4.78 is 0. The fourth-order valence-corrected chi connectivity index (χ4v) is 4.89. The van der Waals surface area contributed by atoms with Crippen LogP contribution in [-0.4, -0.2) is 11.6 Å². The van der Waals surface area contributed by atoms with E-state index in [1.165, 1.54) is 31.4 Å². The lowest BCUT2D eigenvalue weighted by Gasteiger charge is -2.51. The second-order valence-electron chi connectivity index (χ2n) is 5.99. The van der Waals surface area contributed by atoms with Crippen LogP contribution in [0, 0.1) is 35.5 Å². The van der Waals surface area contributed by atoms with E-state index in [0.29, 0.717) is 23.7 Å². The molecule has 0 amide bonds. The summed E-state index contributed by atoms with van der Waals surface area (Å²) in [5.74, 6) is 2.38. The quantitative estimate of drug-likeness (QED) is 0.595. The highest BCUT2D eigenvalue weighted by Crippen LogP contribution is 2.58. The summed E-state index contributed by atoms with van der Waals surface area (Å²) in [5.41, 5.74) is 0. The van der Waals surface area contributed by atoms with Gasteiger partial charge in [-0.3, -0.25) is 9.59 Å². The predicted molar refractivity (Wildman–Crippen MR) is 63.1 cm³/mol. The average molecular weight is 228 g/mol. The highest BCUT2D eigenvalue weighted by Gasteiger charge is 2.56. The number of ketones is 2. The zero-order chi connectivity index (χ0) is 11.6. The van der Waals surface area contributed by atoms with Crippen molar-refractivity contribution in [2.45, 2.75) is 19.3 Å². The van der Waals surface area contributed by atoms with Crippen LogP contribution in [0.1, 0.15) is 19.3 Å². The van der Waals surface area contributed by atoms with Crippen LogP contribution in [0.15, 0.2) is 24.3 Å². The van der Waals surface area contributed by atoms with Crippen molar-refractivity contribution in [1.82, 2.24) is 0 Å². The van der Waals surface area contributed by atoms with Gasteiger partial charge in [0.15, 0.2) is 11.6 Å². The van der Waals surface area contributed by atoms with Gasteiger partial charge < -0.3 is 0 Å². The lowest BCUT2D eigenvalue weighted by Crippen LogP contribution is -2.52. The van der Waals surface area contributed by atoms with E-state index < -0.39 is 0 Å². The summed E-state index contributed by atoms with van der Waals surface area (Å²) in [6, 6.07) is 0. The van der Waals surface area contributed by atoms with Crippen molar-refractivity contribution in [1.29, 1.82) is 0 Å². The van der Waals surface area contributed by atoms with Gasteiger partial charge in [0.1, 0.15) is 0 Å². The summed E-state index contributed by atoms with van der Waals surface area (Å²) >= 11 is 0. The number of carbonyl (C=O) groups is 2. The summed E-state index contributed by atoms with van der Waals surface area (Å²) in [5, 5.41) is 0. The SMILES string of the molecule is O=C1C=CC(=O)[C@H]2[C@H]3C=C[C@H]([C@@H]4CCC[C@H]34)[C@@H]12. The van der Waals surface area contributed by atoms with Gasteiger partial charge >= 0.3 is 0 Å². The number of hydrogen-bond donors (Lipinski definition) is 0. The molecule has 0 spiro atoms. The van der Waals surface area contributed by atoms with Crippen LogP contribution >= 0.6 is 0 Å². The van der Waals surface area contributed by atoms with E-state index in [1.54, 1.807) is 0 Å². The van der Waals surface area contributed by atoms with Crippen LogP contribution in [-0.2, 0) is 9.59 Å². The van der Waals surface area contributed by atoms with E-state index in [-0.39, 0.29) is 23.4 Å². The molecule has 2 fully saturated rings. The molecular formula is C15H16O2. The van der Waals surface area contributed by atoms with Crippen molar-refractivity contribution in [3.63, 3.8) is 0 Å². The molecule has 0 aliphatic heterocycles. The normalized spacial score (nSPS) is 50.6. The van der Waals surface area contributed by atoms with Crippen molar-refractivity contribution in [2.24, 2.45) is 35.5 Å². The first-order valence-corrected chi connectivity index (χ1v) is 6.71. The first kappa shape index (κ1) is 9.81. The van der Waals surface area contributed by atoms with E-state index in [2.05, 4.69) is 12.2 Å². The van der Waals surface area contributed by atoms with Gasteiger partial charge in [-0.2, -0.15) is 0 Å². The van der Waals surface area contributed by atoms with E-state index in [1.807, 2.05) is 0 Å². The fraction of sp³-hybridized carbons (Fsp3) is 0.600. The van der Waals surface area contributed by atoms with Gasteiger partial charge in [0.25, 0.3) is 0 Å². The second kappa shape index (κ2) is 3.18. The van der Waals surface area contributed by atoms with Crippen LogP contribution < -0.4 is 0 Å². The average Bonchev–Trinajstić information content (AvgIpc) is 2.84. The summed E-state index contributed by atoms with van der Waals surface area (Å²) in [6.45, 7) is 0. The Balaban J connectivity index is 1.84. The smallest absolute Gasteiger partial charge is 0.160 e. The van der Waals surface area contributed by atoms with Crippen molar-refractivity contribution in [3.8, 4) is 0 Å². The third kappa shape index (κ3) is 1.11. The number of carbonyl (C=O) groups excluding carboxylic acids is 2. The van der Waals surface area contributed by atoms with Gasteiger partial charge in [0.05, 0.1) is 0 Å².